The number of benzene rings is 1. The molecule has 0 fully saturated rings. The summed E-state index contributed by atoms with van der Waals surface area (Å²) in [6, 6.07) is 3.63. The summed E-state index contributed by atoms with van der Waals surface area (Å²) < 4.78 is 0. The Morgan fingerprint density at radius 3 is 2.50 bits per heavy atom. The monoisotopic (exact) mass is 250 g/mol. The maximum atomic E-state index is 12.1. The van der Waals surface area contributed by atoms with E-state index in [1.54, 1.807) is 13.0 Å². The topological polar surface area (TPSA) is 75.3 Å². The Morgan fingerprint density at radius 1 is 1.39 bits per heavy atom. The van der Waals surface area contributed by atoms with Crippen molar-refractivity contribution in [3.63, 3.8) is 0 Å². The first-order valence-electron chi connectivity index (χ1n) is 6.18. The van der Waals surface area contributed by atoms with Crippen molar-refractivity contribution in [3.8, 4) is 5.75 Å². The van der Waals surface area contributed by atoms with Gasteiger partial charge in [0.2, 0.25) is 5.91 Å². The number of rotatable bonds is 4. The Morgan fingerprint density at radius 2 is 2.00 bits per heavy atom. The Kier molecular flexibility index (Phi) is 4.73. The summed E-state index contributed by atoms with van der Waals surface area (Å²) in [5, 5.41) is 12.7. The van der Waals surface area contributed by atoms with Crippen LogP contribution in [0.25, 0.3) is 0 Å². The van der Waals surface area contributed by atoms with Gasteiger partial charge in [-0.25, -0.2) is 0 Å². The van der Waals surface area contributed by atoms with E-state index in [0.717, 1.165) is 11.1 Å². The SMILES string of the molecule is Cc1cc(C)c(O)c(NC(=O)C(CN)C(C)C)c1. The van der Waals surface area contributed by atoms with E-state index in [1.807, 2.05) is 26.8 Å². The van der Waals surface area contributed by atoms with Crippen LogP contribution in [0.5, 0.6) is 5.75 Å². The third kappa shape index (κ3) is 3.23. The molecule has 0 aliphatic heterocycles. The molecule has 1 aromatic carbocycles. The number of phenols is 1. The van der Waals surface area contributed by atoms with E-state index >= 15 is 0 Å². The van der Waals surface area contributed by atoms with Gasteiger partial charge in [0.1, 0.15) is 5.75 Å². The number of aromatic hydroxyl groups is 1. The number of aryl methyl sites for hydroxylation is 2. The van der Waals surface area contributed by atoms with Crippen LogP contribution in [0.4, 0.5) is 5.69 Å². The first kappa shape index (κ1) is 14.5. The predicted octanol–water partition coefficient (Wildman–Crippen LogP) is 2.18. The number of phenolic OH excluding ortho intramolecular Hbond substituents is 1. The number of nitrogens with one attached hydrogen (secondary N) is 1. The van der Waals surface area contributed by atoms with E-state index in [1.165, 1.54) is 0 Å². The fraction of sp³-hybridized carbons (Fsp3) is 0.500. The summed E-state index contributed by atoms with van der Waals surface area (Å²) in [5.74, 6) is -0.102. The molecule has 4 nitrogen and oxygen atoms in total. The zero-order chi connectivity index (χ0) is 13.9. The van der Waals surface area contributed by atoms with Gasteiger partial charge < -0.3 is 16.2 Å². The number of carbonyl (C=O) groups excluding carboxylic acids is 1. The van der Waals surface area contributed by atoms with Crippen LogP contribution in [-0.4, -0.2) is 17.6 Å². The van der Waals surface area contributed by atoms with Gasteiger partial charge in [0.15, 0.2) is 0 Å². The van der Waals surface area contributed by atoms with Gasteiger partial charge in [-0.3, -0.25) is 4.79 Å². The first-order chi connectivity index (χ1) is 8.36. The lowest BCUT2D eigenvalue weighted by molar-refractivity contribution is -0.120. The van der Waals surface area contributed by atoms with Gasteiger partial charge in [-0.15, -0.1) is 0 Å². The molecule has 0 heterocycles. The van der Waals surface area contributed by atoms with Crippen LogP contribution >= 0.6 is 0 Å². The van der Waals surface area contributed by atoms with E-state index < -0.39 is 0 Å². The molecule has 1 aromatic rings. The zero-order valence-corrected chi connectivity index (χ0v) is 11.4. The van der Waals surface area contributed by atoms with Crippen LogP contribution in [0, 0.1) is 25.7 Å². The molecule has 0 saturated heterocycles. The van der Waals surface area contributed by atoms with Gasteiger partial charge in [0.05, 0.1) is 11.6 Å². The van der Waals surface area contributed by atoms with Crippen molar-refractivity contribution < 1.29 is 9.90 Å². The van der Waals surface area contributed by atoms with Crippen LogP contribution in [0.15, 0.2) is 12.1 Å². The van der Waals surface area contributed by atoms with E-state index in [-0.39, 0.29) is 23.5 Å². The van der Waals surface area contributed by atoms with E-state index in [9.17, 15) is 9.90 Å². The maximum Gasteiger partial charge on any atom is 0.229 e. The lowest BCUT2D eigenvalue weighted by Crippen LogP contribution is -2.33. The average molecular weight is 250 g/mol. The lowest BCUT2D eigenvalue weighted by Gasteiger charge is -2.19. The van der Waals surface area contributed by atoms with Crippen molar-refractivity contribution in [1.29, 1.82) is 0 Å². The van der Waals surface area contributed by atoms with Gasteiger partial charge in [0, 0.05) is 6.54 Å². The molecule has 100 valence electrons. The van der Waals surface area contributed by atoms with Crippen LogP contribution in [0.2, 0.25) is 0 Å². The summed E-state index contributed by atoms with van der Waals surface area (Å²) in [7, 11) is 0. The molecule has 1 amide bonds. The highest BCUT2D eigenvalue weighted by Crippen LogP contribution is 2.29. The number of nitrogens with two attached hydrogens (primary N) is 1. The molecule has 1 rings (SSSR count). The molecule has 0 saturated carbocycles. The molecule has 4 N–H and O–H groups in total. The molecule has 0 spiro atoms. The highest BCUT2D eigenvalue weighted by atomic mass is 16.3. The number of amides is 1. The molecule has 0 aliphatic rings. The standard InChI is InChI=1S/C14H22N2O2/c1-8(2)11(7-15)14(18)16-12-6-9(3)5-10(4)13(12)17/h5-6,8,11,17H,7,15H2,1-4H3,(H,16,18). The zero-order valence-electron chi connectivity index (χ0n) is 11.4. The van der Waals surface area contributed by atoms with Crippen molar-refractivity contribution >= 4 is 11.6 Å². The Balaban J connectivity index is 2.94. The number of hydrogen-bond donors (Lipinski definition) is 3. The second kappa shape index (κ2) is 5.87. The summed E-state index contributed by atoms with van der Waals surface area (Å²) in [6.45, 7) is 7.94. The number of hydrogen-bond acceptors (Lipinski definition) is 3. The minimum Gasteiger partial charge on any atom is -0.505 e. The highest BCUT2D eigenvalue weighted by Gasteiger charge is 2.21. The summed E-state index contributed by atoms with van der Waals surface area (Å²) in [5.41, 5.74) is 7.80. The van der Waals surface area contributed by atoms with Gasteiger partial charge in [-0.05, 0) is 37.0 Å². The normalized spacial score (nSPS) is 12.6. The molecule has 1 unspecified atom stereocenters. The fourth-order valence-corrected chi connectivity index (χ4v) is 1.96. The van der Waals surface area contributed by atoms with Crippen LogP contribution < -0.4 is 11.1 Å². The van der Waals surface area contributed by atoms with Crippen LogP contribution in [-0.2, 0) is 4.79 Å². The number of carbonyl (C=O) groups is 1. The molecule has 1 atom stereocenters. The molecule has 18 heavy (non-hydrogen) atoms. The Labute approximate surface area is 108 Å². The average Bonchev–Trinajstić information content (AvgIpc) is 2.25. The van der Waals surface area contributed by atoms with Crippen molar-refractivity contribution in [1.82, 2.24) is 0 Å². The first-order valence-corrected chi connectivity index (χ1v) is 6.18. The molecular weight excluding hydrogens is 228 g/mol. The summed E-state index contributed by atoms with van der Waals surface area (Å²) in [6.07, 6.45) is 0. The molecular formula is C14H22N2O2. The summed E-state index contributed by atoms with van der Waals surface area (Å²) in [4.78, 5) is 12.1. The lowest BCUT2D eigenvalue weighted by atomic mass is 9.95. The van der Waals surface area contributed by atoms with Crippen molar-refractivity contribution in [2.75, 3.05) is 11.9 Å². The van der Waals surface area contributed by atoms with Crippen molar-refractivity contribution in [2.24, 2.45) is 17.6 Å². The van der Waals surface area contributed by atoms with Crippen molar-refractivity contribution in [2.45, 2.75) is 27.7 Å². The largest absolute Gasteiger partial charge is 0.505 e. The molecule has 4 heteroatoms. The van der Waals surface area contributed by atoms with E-state index in [4.69, 9.17) is 5.73 Å². The number of anilines is 1. The third-order valence-corrected chi connectivity index (χ3v) is 3.10. The van der Waals surface area contributed by atoms with Gasteiger partial charge in [-0.1, -0.05) is 19.9 Å². The van der Waals surface area contributed by atoms with Crippen molar-refractivity contribution in [3.05, 3.63) is 23.3 Å². The predicted molar refractivity (Wildman–Crippen MR) is 73.6 cm³/mol. The Bertz CT molecular complexity index is 442. The second-order valence-electron chi connectivity index (χ2n) is 5.05. The smallest absolute Gasteiger partial charge is 0.229 e. The molecule has 0 bridgehead atoms. The minimum absolute atomic E-state index is 0.119. The van der Waals surface area contributed by atoms with Crippen LogP contribution in [0.3, 0.4) is 0 Å². The summed E-state index contributed by atoms with van der Waals surface area (Å²) >= 11 is 0. The van der Waals surface area contributed by atoms with Crippen LogP contribution in [0.1, 0.15) is 25.0 Å². The second-order valence-corrected chi connectivity index (χ2v) is 5.05. The fourth-order valence-electron chi connectivity index (χ4n) is 1.96. The highest BCUT2D eigenvalue weighted by molar-refractivity contribution is 5.94. The third-order valence-electron chi connectivity index (χ3n) is 3.10. The Hall–Kier alpha value is -1.55. The van der Waals surface area contributed by atoms with Gasteiger partial charge in [0.25, 0.3) is 0 Å². The molecule has 0 radical (unpaired) electrons. The van der Waals surface area contributed by atoms with E-state index in [0.29, 0.717) is 12.2 Å². The maximum absolute atomic E-state index is 12.1. The molecule has 0 aliphatic carbocycles. The molecule has 0 aromatic heterocycles. The van der Waals surface area contributed by atoms with Gasteiger partial charge in [-0.2, -0.15) is 0 Å². The minimum atomic E-state index is -0.245. The quantitative estimate of drug-likeness (QED) is 0.717. The van der Waals surface area contributed by atoms with E-state index in [2.05, 4.69) is 5.32 Å². The van der Waals surface area contributed by atoms with Gasteiger partial charge >= 0.3 is 0 Å².